The monoisotopic (exact) mass is 302 g/mol. The van der Waals surface area contributed by atoms with Crippen LogP contribution in [-0.2, 0) is 22.6 Å². The molecular weight excluding hydrogens is 288 g/mol. The molecule has 2 aromatic carbocycles. The summed E-state index contributed by atoms with van der Waals surface area (Å²) in [4.78, 5) is 23.6. The zero-order valence-electron chi connectivity index (χ0n) is 11.3. The van der Waals surface area contributed by atoms with Gasteiger partial charge >= 0.3 is 0 Å². The normalized spacial score (nSPS) is 10.1. The summed E-state index contributed by atoms with van der Waals surface area (Å²) in [6.07, 6.45) is 0.0603. The summed E-state index contributed by atoms with van der Waals surface area (Å²) in [6.45, 7) is 0.297. The Bertz CT molecular complexity index is 636. The number of ketones is 1. The van der Waals surface area contributed by atoms with Crippen LogP contribution in [0.2, 0.25) is 5.02 Å². The predicted molar refractivity (Wildman–Crippen MR) is 82.9 cm³/mol. The van der Waals surface area contributed by atoms with Gasteiger partial charge in [0.25, 0.3) is 5.91 Å². The molecule has 0 saturated heterocycles. The van der Waals surface area contributed by atoms with E-state index in [4.69, 9.17) is 17.3 Å². The molecule has 0 aliphatic rings. The molecule has 0 fully saturated rings. The summed E-state index contributed by atoms with van der Waals surface area (Å²) >= 11 is 5.77. The number of nitrogens with two attached hydrogens (primary N) is 1. The molecule has 0 atom stereocenters. The van der Waals surface area contributed by atoms with E-state index in [9.17, 15) is 9.59 Å². The predicted octanol–water partition coefficient (Wildman–Crippen LogP) is 2.35. The second-order valence-electron chi connectivity index (χ2n) is 4.65. The largest absolute Gasteiger partial charge is 0.399 e. The van der Waals surface area contributed by atoms with Crippen LogP contribution < -0.4 is 11.1 Å². The second kappa shape index (κ2) is 6.90. The number of nitrogen functional groups attached to an aromatic ring is 1. The Morgan fingerprint density at radius 3 is 2.14 bits per heavy atom. The van der Waals surface area contributed by atoms with Crippen molar-refractivity contribution < 1.29 is 9.59 Å². The minimum atomic E-state index is -0.596. The van der Waals surface area contributed by atoms with Crippen LogP contribution in [0.15, 0.2) is 48.5 Å². The van der Waals surface area contributed by atoms with Gasteiger partial charge in [-0.05, 0) is 35.4 Å². The molecule has 0 bridgehead atoms. The Kier molecular flexibility index (Phi) is 4.95. The molecule has 21 heavy (non-hydrogen) atoms. The number of nitrogens with one attached hydrogen (secondary N) is 1. The van der Waals surface area contributed by atoms with Crippen molar-refractivity contribution in [1.29, 1.82) is 0 Å². The highest BCUT2D eigenvalue weighted by Gasteiger charge is 2.13. The van der Waals surface area contributed by atoms with Crippen molar-refractivity contribution in [2.24, 2.45) is 0 Å². The zero-order valence-corrected chi connectivity index (χ0v) is 12.1. The Morgan fingerprint density at radius 2 is 1.52 bits per heavy atom. The van der Waals surface area contributed by atoms with Crippen LogP contribution in [0.25, 0.3) is 0 Å². The molecular formula is C16H15ClN2O2. The number of carbonyl (C=O) groups is 2. The standard InChI is InChI=1S/C16H15ClN2O2/c17-13-5-1-11(2-6-13)9-15(20)16(21)19-10-12-3-7-14(18)8-4-12/h1-8H,9-10,18H2,(H,19,21). The molecule has 2 rings (SSSR count). The first-order valence-corrected chi connectivity index (χ1v) is 6.82. The molecule has 0 aliphatic carbocycles. The van der Waals surface area contributed by atoms with E-state index in [2.05, 4.69) is 5.32 Å². The number of hydrogen-bond acceptors (Lipinski definition) is 3. The molecule has 5 heteroatoms. The van der Waals surface area contributed by atoms with E-state index in [1.165, 1.54) is 0 Å². The molecule has 0 radical (unpaired) electrons. The lowest BCUT2D eigenvalue weighted by Crippen LogP contribution is -2.31. The summed E-state index contributed by atoms with van der Waals surface area (Å²) in [5, 5.41) is 3.19. The van der Waals surface area contributed by atoms with E-state index in [0.29, 0.717) is 17.3 Å². The molecule has 0 unspecified atom stereocenters. The van der Waals surface area contributed by atoms with Crippen LogP contribution in [0.3, 0.4) is 0 Å². The van der Waals surface area contributed by atoms with Gasteiger partial charge in [0.2, 0.25) is 5.78 Å². The summed E-state index contributed by atoms with van der Waals surface area (Å²) < 4.78 is 0. The Labute approximate surface area is 127 Å². The third kappa shape index (κ3) is 4.61. The number of carbonyl (C=O) groups excluding carboxylic acids is 2. The van der Waals surface area contributed by atoms with E-state index in [0.717, 1.165) is 11.1 Å². The van der Waals surface area contributed by atoms with Crippen LogP contribution in [0.4, 0.5) is 5.69 Å². The SMILES string of the molecule is Nc1ccc(CNC(=O)C(=O)Cc2ccc(Cl)cc2)cc1. The number of rotatable bonds is 5. The van der Waals surface area contributed by atoms with Gasteiger partial charge in [-0.15, -0.1) is 0 Å². The molecule has 108 valence electrons. The third-order valence-electron chi connectivity index (χ3n) is 2.96. The number of hydrogen-bond donors (Lipinski definition) is 2. The fourth-order valence-electron chi connectivity index (χ4n) is 1.78. The Hall–Kier alpha value is -2.33. The van der Waals surface area contributed by atoms with Gasteiger partial charge in [0.15, 0.2) is 0 Å². The maximum Gasteiger partial charge on any atom is 0.287 e. The van der Waals surface area contributed by atoms with Gasteiger partial charge in [-0.2, -0.15) is 0 Å². The number of Topliss-reactive ketones (excluding diaryl/α,β-unsaturated/α-hetero) is 1. The average Bonchev–Trinajstić information content (AvgIpc) is 2.48. The van der Waals surface area contributed by atoms with Gasteiger partial charge in [0, 0.05) is 23.7 Å². The van der Waals surface area contributed by atoms with Gasteiger partial charge in [-0.3, -0.25) is 9.59 Å². The van der Waals surface area contributed by atoms with Crippen molar-refractivity contribution >= 4 is 29.0 Å². The van der Waals surface area contributed by atoms with Crippen molar-refractivity contribution in [2.45, 2.75) is 13.0 Å². The first-order valence-electron chi connectivity index (χ1n) is 6.44. The quantitative estimate of drug-likeness (QED) is 0.658. The summed E-state index contributed by atoms with van der Waals surface area (Å²) in [7, 11) is 0. The lowest BCUT2D eigenvalue weighted by molar-refractivity contribution is -0.137. The number of benzene rings is 2. The number of anilines is 1. The number of amides is 1. The number of halogens is 1. The van der Waals surface area contributed by atoms with E-state index < -0.39 is 11.7 Å². The van der Waals surface area contributed by atoms with Gasteiger partial charge < -0.3 is 11.1 Å². The molecule has 1 amide bonds. The first kappa shape index (κ1) is 15.1. The van der Waals surface area contributed by atoms with Crippen molar-refractivity contribution in [3.63, 3.8) is 0 Å². The molecule has 0 spiro atoms. The van der Waals surface area contributed by atoms with Crippen LogP contribution in [0.1, 0.15) is 11.1 Å². The second-order valence-corrected chi connectivity index (χ2v) is 5.09. The fraction of sp³-hybridized carbons (Fsp3) is 0.125. The molecule has 0 aromatic heterocycles. The van der Waals surface area contributed by atoms with Crippen molar-refractivity contribution in [2.75, 3.05) is 5.73 Å². The summed E-state index contributed by atoms with van der Waals surface area (Å²) in [6, 6.07) is 13.9. The molecule has 0 aliphatic heterocycles. The maximum absolute atomic E-state index is 11.8. The van der Waals surface area contributed by atoms with Crippen LogP contribution in [0.5, 0.6) is 0 Å². The van der Waals surface area contributed by atoms with Crippen molar-refractivity contribution in [3.8, 4) is 0 Å². The highest BCUT2D eigenvalue weighted by Crippen LogP contribution is 2.10. The van der Waals surface area contributed by atoms with E-state index in [1.54, 1.807) is 48.5 Å². The van der Waals surface area contributed by atoms with Gasteiger partial charge in [-0.25, -0.2) is 0 Å². The van der Waals surface area contributed by atoms with Crippen LogP contribution >= 0.6 is 11.6 Å². The first-order chi connectivity index (χ1) is 10.0. The molecule has 2 aromatic rings. The van der Waals surface area contributed by atoms with Crippen LogP contribution in [-0.4, -0.2) is 11.7 Å². The fourth-order valence-corrected chi connectivity index (χ4v) is 1.91. The van der Waals surface area contributed by atoms with Gasteiger partial charge in [-0.1, -0.05) is 35.9 Å². The molecule has 0 heterocycles. The van der Waals surface area contributed by atoms with E-state index >= 15 is 0 Å². The van der Waals surface area contributed by atoms with E-state index in [1.807, 2.05) is 0 Å². The lowest BCUT2D eigenvalue weighted by Gasteiger charge is -2.05. The van der Waals surface area contributed by atoms with Crippen LogP contribution in [0, 0.1) is 0 Å². The van der Waals surface area contributed by atoms with Gasteiger partial charge in [0.1, 0.15) is 0 Å². The summed E-state index contributed by atoms with van der Waals surface area (Å²) in [5.74, 6) is -1.07. The van der Waals surface area contributed by atoms with Gasteiger partial charge in [0.05, 0.1) is 0 Å². The Balaban J connectivity index is 1.86. The van der Waals surface area contributed by atoms with Crippen molar-refractivity contribution in [1.82, 2.24) is 5.32 Å². The Morgan fingerprint density at radius 1 is 0.952 bits per heavy atom. The maximum atomic E-state index is 11.8. The highest BCUT2D eigenvalue weighted by molar-refractivity contribution is 6.36. The molecule has 4 nitrogen and oxygen atoms in total. The minimum absolute atomic E-state index is 0.0603. The van der Waals surface area contributed by atoms with E-state index in [-0.39, 0.29) is 6.42 Å². The topological polar surface area (TPSA) is 72.2 Å². The summed E-state index contributed by atoms with van der Waals surface area (Å²) in [5.41, 5.74) is 7.88. The molecule has 3 N–H and O–H groups in total. The third-order valence-corrected chi connectivity index (χ3v) is 3.22. The smallest absolute Gasteiger partial charge is 0.287 e. The van der Waals surface area contributed by atoms with Crippen molar-refractivity contribution in [3.05, 3.63) is 64.7 Å². The molecule has 0 saturated carbocycles. The lowest BCUT2D eigenvalue weighted by atomic mass is 10.1. The zero-order chi connectivity index (χ0) is 15.2. The highest BCUT2D eigenvalue weighted by atomic mass is 35.5. The average molecular weight is 303 g/mol. The minimum Gasteiger partial charge on any atom is -0.399 e.